The quantitative estimate of drug-likeness (QED) is 0.666. The van der Waals surface area contributed by atoms with Crippen molar-refractivity contribution < 1.29 is 19.1 Å². The average molecular weight is 447 g/mol. The summed E-state index contributed by atoms with van der Waals surface area (Å²) in [6.07, 6.45) is 1.77. The summed E-state index contributed by atoms with van der Waals surface area (Å²) in [5.41, 5.74) is 2.81. The van der Waals surface area contributed by atoms with Crippen molar-refractivity contribution in [1.29, 1.82) is 0 Å². The van der Waals surface area contributed by atoms with Crippen molar-refractivity contribution in [3.8, 4) is 11.5 Å². The number of aromatic amines is 1. The van der Waals surface area contributed by atoms with E-state index in [1.807, 2.05) is 41.3 Å². The van der Waals surface area contributed by atoms with Gasteiger partial charge in [-0.3, -0.25) is 14.5 Å². The van der Waals surface area contributed by atoms with Crippen molar-refractivity contribution in [2.75, 3.05) is 46.1 Å². The maximum atomic E-state index is 13.0. The van der Waals surface area contributed by atoms with Gasteiger partial charge in [-0.2, -0.15) is 0 Å². The zero-order chi connectivity index (χ0) is 22.4. The minimum absolute atomic E-state index is 0.00922. The molecule has 0 unspecified atom stereocenters. The summed E-state index contributed by atoms with van der Waals surface area (Å²) in [5, 5.41) is 0.927. The topological polar surface area (TPSA) is 78.1 Å². The monoisotopic (exact) mass is 446 g/mol. The Morgan fingerprint density at radius 3 is 2.58 bits per heavy atom. The van der Waals surface area contributed by atoms with E-state index in [0.29, 0.717) is 18.7 Å². The Morgan fingerprint density at radius 1 is 0.939 bits per heavy atom. The van der Waals surface area contributed by atoms with Crippen LogP contribution in [0.25, 0.3) is 10.9 Å². The van der Waals surface area contributed by atoms with Crippen LogP contribution in [0, 0.1) is 5.92 Å². The molecule has 0 spiro atoms. The second kappa shape index (κ2) is 8.12. The molecule has 0 saturated carbocycles. The number of benzene rings is 2. The lowest BCUT2D eigenvalue weighted by atomic mass is 9.96. The van der Waals surface area contributed by atoms with Crippen LogP contribution in [-0.2, 0) is 11.3 Å². The Labute approximate surface area is 191 Å². The third-order valence-electron chi connectivity index (χ3n) is 6.86. The molecule has 2 saturated heterocycles. The maximum absolute atomic E-state index is 13.0. The van der Waals surface area contributed by atoms with Crippen LogP contribution in [-0.4, -0.2) is 77.6 Å². The fourth-order valence-corrected chi connectivity index (χ4v) is 4.90. The maximum Gasteiger partial charge on any atom is 0.256 e. The first kappa shape index (κ1) is 20.1. The van der Waals surface area contributed by atoms with Gasteiger partial charge in [0.2, 0.25) is 12.7 Å². The second-order valence-electron chi connectivity index (χ2n) is 8.94. The Bertz CT molecular complexity index is 1210. The number of para-hydroxylation sites is 1. The van der Waals surface area contributed by atoms with Gasteiger partial charge in [0.25, 0.3) is 5.91 Å². The van der Waals surface area contributed by atoms with E-state index in [2.05, 4.69) is 16.0 Å². The molecule has 2 aromatic carbocycles. The minimum atomic E-state index is -0.0976. The number of hydrogen-bond donors (Lipinski definition) is 1. The number of nitrogens with zero attached hydrogens (tertiary/aromatic N) is 3. The predicted octanol–water partition coefficient (Wildman–Crippen LogP) is 2.31. The van der Waals surface area contributed by atoms with Crippen LogP contribution in [0.2, 0.25) is 0 Å². The lowest BCUT2D eigenvalue weighted by molar-refractivity contribution is -0.141. The Morgan fingerprint density at radius 2 is 1.73 bits per heavy atom. The zero-order valence-electron chi connectivity index (χ0n) is 18.3. The summed E-state index contributed by atoms with van der Waals surface area (Å²) < 4.78 is 10.8. The number of piperazine rings is 1. The largest absolute Gasteiger partial charge is 0.454 e. The molecule has 8 nitrogen and oxygen atoms in total. The van der Waals surface area contributed by atoms with Crippen LogP contribution in [0.15, 0.2) is 48.7 Å². The Kier molecular flexibility index (Phi) is 4.95. The highest BCUT2D eigenvalue weighted by molar-refractivity contribution is 6.07. The molecule has 2 amide bonds. The van der Waals surface area contributed by atoms with Gasteiger partial charge in [0.05, 0.1) is 11.5 Å². The van der Waals surface area contributed by atoms with Crippen LogP contribution in [0.5, 0.6) is 11.5 Å². The molecule has 3 aliphatic heterocycles. The average Bonchev–Trinajstić information content (AvgIpc) is 3.45. The van der Waals surface area contributed by atoms with Crippen LogP contribution < -0.4 is 9.47 Å². The molecule has 170 valence electrons. The first-order valence-electron chi connectivity index (χ1n) is 11.4. The van der Waals surface area contributed by atoms with Gasteiger partial charge >= 0.3 is 0 Å². The smallest absolute Gasteiger partial charge is 0.256 e. The van der Waals surface area contributed by atoms with Crippen molar-refractivity contribution in [3.63, 3.8) is 0 Å². The number of carbonyl (C=O) groups excluding carboxylic acids is 2. The Balaban J connectivity index is 1.000. The molecule has 3 aliphatic rings. The number of aromatic nitrogens is 1. The highest BCUT2D eigenvalue weighted by Gasteiger charge is 2.39. The molecule has 33 heavy (non-hydrogen) atoms. The van der Waals surface area contributed by atoms with Crippen molar-refractivity contribution >= 4 is 22.7 Å². The van der Waals surface area contributed by atoms with Gasteiger partial charge in [-0.25, -0.2) is 0 Å². The van der Waals surface area contributed by atoms with Gasteiger partial charge in [0, 0.05) is 62.9 Å². The van der Waals surface area contributed by atoms with E-state index in [0.717, 1.165) is 55.1 Å². The molecule has 0 atom stereocenters. The molecule has 8 heteroatoms. The van der Waals surface area contributed by atoms with Crippen molar-refractivity contribution in [1.82, 2.24) is 19.7 Å². The number of likely N-dealkylation sites (tertiary alicyclic amines) is 1. The molecule has 0 aliphatic carbocycles. The van der Waals surface area contributed by atoms with Crippen LogP contribution in [0.4, 0.5) is 0 Å². The summed E-state index contributed by atoms with van der Waals surface area (Å²) in [6, 6.07) is 13.8. The third-order valence-corrected chi connectivity index (χ3v) is 6.86. The van der Waals surface area contributed by atoms with Crippen molar-refractivity contribution in [2.24, 2.45) is 5.92 Å². The molecule has 2 fully saturated rings. The standard InChI is InChI=1S/C25H26N4O4/c30-24(18-14-29(15-18)25(31)20-12-26-21-4-2-1-3-19(20)21)28-9-7-27(8-10-28)13-17-5-6-22-23(11-17)33-16-32-22/h1-6,11-12,18,26H,7-10,13-16H2. The van der Waals surface area contributed by atoms with Crippen molar-refractivity contribution in [2.45, 2.75) is 6.54 Å². The van der Waals surface area contributed by atoms with Crippen LogP contribution >= 0.6 is 0 Å². The van der Waals surface area contributed by atoms with Crippen LogP contribution in [0.3, 0.4) is 0 Å². The highest BCUT2D eigenvalue weighted by Crippen LogP contribution is 2.33. The molecule has 0 bridgehead atoms. The van der Waals surface area contributed by atoms with E-state index < -0.39 is 0 Å². The third kappa shape index (κ3) is 3.70. The second-order valence-corrected chi connectivity index (χ2v) is 8.94. The fraction of sp³-hybridized carbons (Fsp3) is 0.360. The zero-order valence-corrected chi connectivity index (χ0v) is 18.3. The SMILES string of the molecule is O=C(c1c[nH]c2ccccc12)N1CC(C(=O)N2CCN(Cc3ccc4c(c3)OCO4)CC2)C1. The number of nitrogens with one attached hydrogen (secondary N) is 1. The number of H-pyrrole nitrogens is 1. The fourth-order valence-electron chi connectivity index (χ4n) is 4.90. The number of amides is 2. The summed E-state index contributed by atoms with van der Waals surface area (Å²) in [6.45, 7) is 5.21. The summed E-state index contributed by atoms with van der Waals surface area (Å²) >= 11 is 0. The van der Waals surface area contributed by atoms with Gasteiger partial charge < -0.3 is 24.3 Å². The lowest BCUT2D eigenvalue weighted by Gasteiger charge is -2.42. The van der Waals surface area contributed by atoms with Gasteiger partial charge in [-0.05, 0) is 23.8 Å². The van der Waals surface area contributed by atoms with E-state index in [4.69, 9.17) is 9.47 Å². The normalized spacial score (nSPS) is 18.5. The van der Waals surface area contributed by atoms with E-state index >= 15 is 0 Å². The lowest BCUT2D eigenvalue weighted by Crippen LogP contribution is -2.59. The molecule has 4 heterocycles. The number of ether oxygens (including phenoxy) is 2. The Hall–Kier alpha value is -3.52. The number of carbonyl (C=O) groups is 2. The molecule has 1 N–H and O–H groups in total. The van der Waals surface area contributed by atoms with Crippen LogP contribution in [0.1, 0.15) is 15.9 Å². The predicted molar refractivity (Wildman–Crippen MR) is 122 cm³/mol. The molecular formula is C25H26N4O4. The van der Waals surface area contributed by atoms with E-state index in [1.165, 1.54) is 5.56 Å². The first-order valence-corrected chi connectivity index (χ1v) is 11.4. The summed E-state index contributed by atoms with van der Waals surface area (Å²) in [4.78, 5) is 35.1. The number of hydrogen-bond acceptors (Lipinski definition) is 5. The van der Waals surface area contributed by atoms with Gasteiger partial charge in [0.15, 0.2) is 11.5 Å². The highest BCUT2D eigenvalue weighted by atomic mass is 16.7. The van der Waals surface area contributed by atoms with Gasteiger partial charge in [-0.15, -0.1) is 0 Å². The minimum Gasteiger partial charge on any atom is -0.454 e. The molecule has 1 aromatic heterocycles. The molecule has 3 aromatic rings. The summed E-state index contributed by atoms with van der Waals surface area (Å²) in [5.74, 6) is 1.66. The molecule has 0 radical (unpaired) electrons. The van der Waals surface area contributed by atoms with Gasteiger partial charge in [0.1, 0.15) is 0 Å². The summed E-state index contributed by atoms with van der Waals surface area (Å²) in [7, 11) is 0. The van der Waals surface area contributed by atoms with Crippen molar-refractivity contribution in [3.05, 3.63) is 59.8 Å². The van der Waals surface area contributed by atoms with Gasteiger partial charge in [-0.1, -0.05) is 24.3 Å². The first-order chi connectivity index (χ1) is 16.2. The number of rotatable bonds is 4. The van der Waals surface area contributed by atoms with E-state index in [1.54, 1.807) is 11.1 Å². The molecular weight excluding hydrogens is 420 g/mol. The van der Waals surface area contributed by atoms with E-state index in [9.17, 15) is 9.59 Å². The van der Waals surface area contributed by atoms with E-state index in [-0.39, 0.29) is 24.5 Å². The number of fused-ring (bicyclic) bond motifs is 2. The molecule has 6 rings (SSSR count).